The monoisotopic (exact) mass is 323 g/mol. The number of fused-ring (bicyclic) bond motifs is 2. The third kappa shape index (κ3) is 3.67. The van der Waals surface area contributed by atoms with Crippen molar-refractivity contribution in [1.82, 2.24) is 10.3 Å². The molecule has 3 rings (SSSR count). The van der Waals surface area contributed by atoms with E-state index in [1.165, 1.54) is 0 Å². The molecular formula is C19H21N3O2. The van der Waals surface area contributed by atoms with Gasteiger partial charge in [-0.25, -0.2) is 0 Å². The van der Waals surface area contributed by atoms with Gasteiger partial charge in [-0.1, -0.05) is 6.08 Å². The lowest BCUT2D eigenvalue weighted by Crippen LogP contribution is -2.42. The fourth-order valence-electron chi connectivity index (χ4n) is 3.09. The smallest absolute Gasteiger partial charge is 0.224 e. The Morgan fingerprint density at radius 1 is 1.29 bits per heavy atom. The number of allylic oxidation sites excluding steroid dienone is 1. The fourth-order valence-corrected chi connectivity index (χ4v) is 3.09. The maximum Gasteiger partial charge on any atom is 0.224 e. The Morgan fingerprint density at radius 2 is 2.12 bits per heavy atom. The number of Topliss-reactive ketones (excluding diaryl/α,β-unsaturated/α-hetero) is 1. The summed E-state index contributed by atoms with van der Waals surface area (Å²) in [5, 5.41) is 4.85. The van der Waals surface area contributed by atoms with Gasteiger partial charge in [0.1, 0.15) is 5.78 Å². The summed E-state index contributed by atoms with van der Waals surface area (Å²) in [6.07, 6.45) is 10.7. The molecule has 0 spiro atoms. The number of pyridine rings is 1. The predicted octanol–water partition coefficient (Wildman–Crippen LogP) is 1.22. The second-order valence-electron chi connectivity index (χ2n) is 6.19. The second kappa shape index (κ2) is 7.34. The minimum Gasteiger partial charge on any atom is -0.329 e. The van der Waals surface area contributed by atoms with Gasteiger partial charge in [0, 0.05) is 48.5 Å². The summed E-state index contributed by atoms with van der Waals surface area (Å²) in [7, 11) is 0. The molecule has 5 nitrogen and oxygen atoms in total. The molecule has 1 aromatic rings. The molecular weight excluding hydrogens is 302 g/mol. The summed E-state index contributed by atoms with van der Waals surface area (Å²) < 4.78 is 0. The van der Waals surface area contributed by atoms with Gasteiger partial charge in [-0.15, -0.1) is 0 Å². The van der Waals surface area contributed by atoms with E-state index in [0.29, 0.717) is 12.8 Å². The molecule has 1 unspecified atom stereocenters. The van der Waals surface area contributed by atoms with Gasteiger partial charge in [-0.05, 0) is 38.0 Å². The van der Waals surface area contributed by atoms with Crippen molar-refractivity contribution in [3.63, 3.8) is 0 Å². The topological polar surface area (TPSA) is 71.4 Å². The first-order chi connectivity index (χ1) is 11.6. The van der Waals surface area contributed by atoms with Crippen molar-refractivity contribution >= 4 is 29.3 Å². The highest BCUT2D eigenvalue weighted by Crippen LogP contribution is 2.25. The molecule has 2 heterocycles. The van der Waals surface area contributed by atoms with E-state index in [1.54, 1.807) is 19.3 Å². The zero-order valence-corrected chi connectivity index (χ0v) is 13.8. The standard InChI is InChI=1S/C19H21N3O2/c1-13(23)6-2-3-9-17(24)22-16-12-14-7-4-10-20-18(14)19-15(16)8-5-11-21-19/h4-5,7-8,10-11,14H,2-3,6,9,12H2,1H3,(H,22,24). The molecule has 1 aliphatic carbocycles. The van der Waals surface area contributed by atoms with Crippen molar-refractivity contribution in [2.75, 3.05) is 0 Å². The molecule has 5 heteroatoms. The van der Waals surface area contributed by atoms with Gasteiger partial charge in [-0.3, -0.25) is 14.8 Å². The van der Waals surface area contributed by atoms with Gasteiger partial charge in [0.15, 0.2) is 0 Å². The molecule has 2 aliphatic rings. The molecule has 0 fully saturated rings. The number of ketones is 1. The van der Waals surface area contributed by atoms with Crippen molar-refractivity contribution < 1.29 is 9.59 Å². The van der Waals surface area contributed by atoms with Gasteiger partial charge in [0.25, 0.3) is 0 Å². The number of aromatic nitrogens is 1. The maximum absolute atomic E-state index is 12.2. The van der Waals surface area contributed by atoms with Crippen LogP contribution in [0.5, 0.6) is 0 Å². The average molecular weight is 323 g/mol. The van der Waals surface area contributed by atoms with E-state index >= 15 is 0 Å². The van der Waals surface area contributed by atoms with Crippen molar-refractivity contribution in [2.24, 2.45) is 10.9 Å². The number of rotatable bonds is 6. The van der Waals surface area contributed by atoms with Crippen LogP contribution in [0.3, 0.4) is 0 Å². The van der Waals surface area contributed by atoms with Crippen LogP contribution in [-0.2, 0) is 9.59 Å². The van der Waals surface area contributed by atoms with Crippen molar-refractivity contribution in [1.29, 1.82) is 0 Å². The Labute approximate surface area is 140 Å². The SMILES string of the molecule is CC(=O)CCCCC(=O)NC1=c2cccnc2=C2N=CC=CC2C1. The molecule has 0 bridgehead atoms. The van der Waals surface area contributed by atoms with Crippen molar-refractivity contribution in [2.45, 2.75) is 39.0 Å². The van der Waals surface area contributed by atoms with Crippen LogP contribution in [0.25, 0.3) is 11.4 Å². The zero-order valence-electron chi connectivity index (χ0n) is 13.8. The number of amides is 1. The average Bonchev–Trinajstić information content (AvgIpc) is 2.59. The van der Waals surface area contributed by atoms with Gasteiger partial charge < -0.3 is 10.1 Å². The molecule has 0 radical (unpaired) electrons. The summed E-state index contributed by atoms with van der Waals surface area (Å²) in [5.41, 5.74) is 1.87. The van der Waals surface area contributed by atoms with Crippen LogP contribution in [0.4, 0.5) is 0 Å². The lowest BCUT2D eigenvalue weighted by atomic mass is 9.91. The highest BCUT2D eigenvalue weighted by molar-refractivity contribution is 5.85. The Hall–Kier alpha value is -2.56. The third-order valence-electron chi connectivity index (χ3n) is 4.27. The number of carbonyl (C=O) groups is 2. The number of hydrogen-bond donors (Lipinski definition) is 1. The first kappa shape index (κ1) is 16.3. The summed E-state index contributed by atoms with van der Waals surface area (Å²) in [6.45, 7) is 1.58. The Balaban J connectivity index is 1.78. The molecule has 1 aromatic heterocycles. The van der Waals surface area contributed by atoms with Crippen molar-refractivity contribution in [3.8, 4) is 0 Å². The van der Waals surface area contributed by atoms with Gasteiger partial charge in [-0.2, -0.15) is 0 Å². The number of hydrogen-bond acceptors (Lipinski definition) is 4. The van der Waals surface area contributed by atoms with Crippen LogP contribution >= 0.6 is 0 Å². The number of nitrogens with one attached hydrogen (secondary N) is 1. The van der Waals surface area contributed by atoms with Gasteiger partial charge >= 0.3 is 0 Å². The normalized spacial score (nSPS) is 18.1. The first-order valence-electron chi connectivity index (χ1n) is 8.33. The molecule has 0 aromatic carbocycles. The van der Waals surface area contributed by atoms with Crippen molar-refractivity contribution in [3.05, 3.63) is 41.0 Å². The summed E-state index contributed by atoms with van der Waals surface area (Å²) in [5.74, 6) is 0.324. The van der Waals surface area contributed by atoms with E-state index in [4.69, 9.17) is 0 Å². The van der Waals surface area contributed by atoms with Crippen LogP contribution < -0.4 is 15.9 Å². The maximum atomic E-state index is 12.2. The zero-order chi connectivity index (χ0) is 16.9. The van der Waals surface area contributed by atoms with E-state index in [1.807, 2.05) is 18.2 Å². The summed E-state index contributed by atoms with van der Waals surface area (Å²) in [6, 6.07) is 3.85. The van der Waals surface area contributed by atoms with E-state index < -0.39 is 0 Å². The van der Waals surface area contributed by atoms with E-state index in [-0.39, 0.29) is 17.6 Å². The molecule has 24 heavy (non-hydrogen) atoms. The van der Waals surface area contributed by atoms with Crippen LogP contribution in [0, 0.1) is 5.92 Å². The largest absolute Gasteiger partial charge is 0.329 e. The van der Waals surface area contributed by atoms with Gasteiger partial charge in [0.05, 0.1) is 11.0 Å². The van der Waals surface area contributed by atoms with E-state index in [0.717, 1.165) is 41.2 Å². The third-order valence-corrected chi connectivity index (χ3v) is 4.27. The predicted molar refractivity (Wildman–Crippen MR) is 93.3 cm³/mol. The second-order valence-corrected chi connectivity index (χ2v) is 6.19. The highest BCUT2D eigenvalue weighted by atomic mass is 16.1. The number of dihydropyridines is 1. The number of unbranched alkanes of at least 4 members (excludes halogenated alkanes) is 1. The molecule has 0 saturated heterocycles. The van der Waals surface area contributed by atoms with Crippen LogP contribution in [0.15, 0.2) is 35.5 Å². The lowest BCUT2D eigenvalue weighted by Gasteiger charge is -2.22. The molecule has 0 saturated carbocycles. The van der Waals surface area contributed by atoms with Crippen LogP contribution in [0.2, 0.25) is 0 Å². The lowest BCUT2D eigenvalue weighted by molar-refractivity contribution is -0.120. The van der Waals surface area contributed by atoms with Crippen LogP contribution in [0.1, 0.15) is 39.0 Å². The first-order valence-corrected chi connectivity index (χ1v) is 8.33. The number of carbonyl (C=O) groups excluding carboxylic acids is 2. The highest BCUT2D eigenvalue weighted by Gasteiger charge is 2.22. The van der Waals surface area contributed by atoms with Crippen LogP contribution in [-0.4, -0.2) is 22.9 Å². The molecule has 124 valence electrons. The van der Waals surface area contributed by atoms with E-state index in [9.17, 15) is 9.59 Å². The Kier molecular flexibility index (Phi) is 4.99. The molecule has 1 atom stereocenters. The minimum absolute atomic E-state index is 0.00454. The summed E-state index contributed by atoms with van der Waals surface area (Å²) >= 11 is 0. The number of nitrogens with zero attached hydrogens (tertiary/aromatic N) is 2. The Bertz CT molecular complexity index is 836. The number of aliphatic imine (C=N–C) groups is 1. The Morgan fingerprint density at radius 3 is 2.96 bits per heavy atom. The quantitative estimate of drug-likeness (QED) is 0.800. The van der Waals surface area contributed by atoms with Gasteiger partial charge in [0.2, 0.25) is 5.91 Å². The summed E-state index contributed by atoms with van der Waals surface area (Å²) in [4.78, 5) is 32.1. The van der Waals surface area contributed by atoms with E-state index in [2.05, 4.69) is 21.4 Å². The molecule has 1 amide bonds. The fraction of sp³-hybridized carbons (Fsp3) is 0.368. The molecule has 1 N–H and O–H groups in total. The minimum atomic E-state index is -0.00454. The molecule has 1 aliphatic heterocycles.